The molecule has 0 atom stereocenters. The van der Waals surface area contributed by atoms with Gasteiger partial charge in [0.25, 0.3) is 5.56 Å². The molecule has 0 amide bonds. The van der Waals surface area contributed by atoms with Crippen LogP contribution in [0.2, 0.25) is 0 Å². The maximum atomic E-state index is 11.9. The van der Waals surface area contributed by atoms with Crippen molar-refractivity contribution in [2.24, 2.45) is 0 Å². The van der Waals surface area contributed by atoms with Crippen LogP contribution in [-0.4, -0.2) is 22.7 Å². The Morgan fingerprint density at radius 1 is 1.50 bits per heavy atom. The third-order valence-corrected chi connectivity index (χ3v) is 4.71. The van der Waals surface area contributed by atoms with Crippen LogP contribution in [0.4, 0.5) is 0 Å². The molecule has 0 aliphatic carbocycles. The first kappa shape index (κ1) is 11.7. The zero-order valence-corrected chi connectivity index (χ0v) is 11.5. The van der Waals surface area contributed by atoms with Gasteiger partial charge in [-0.15, -0.1) is 11.3 Å². The lowest BCUT2D eigenvalue weighted by Gasteiger charge is -2.04. The number of aryl methyl sites for hydroxylation is 1. The van der Waals surface area contributed by atoms with Gasteiger partial charge in [0.15, 0.2) is 5.75 Å². The zero-order chi connectivity index (χ0) is 12.9. The molecule has 3 rings (SSSR count). The van der Waals surface area contributed by atoms with E-state index in [0.29, 0.717) is 34.4 Å². The Kier molecular flexibility index (Phi) is 2.67. The summed E-state index contributed by atoms with van der Waals surface area (Å²) in [6.07, 6.45) is 1.32. The molecule has 0 fully saturated rings. The van der Waals surface area contributed by atoms with Crippen molar-refractivity contribution in [3.05, 3.63) is 25.4 Å². The normalized spacial score (nSPS) is 14.3. The van der Waals surface area contributed by atoms with Crippen molar-refractivity contribution in [2.45, 2.75) is 12.8 Å². The minimum absolute atomic E-state index is 0.0236. The summed E-state index contributed by atoms with van der Waals surface area (Å²) in [5.74, 6) is -0.518. The molecular weight excluding hydrogens is 322 g/mol. The summed E-state index contributed by atoms with van der Waals surface area (Å²) in [5, 5.41) is 9.82. The van der Waals surface area contributed by atoms with Crippen LogP contribution in [0.5, 0.6) is 5.75 Å². The number of carbonyl (C=O) groups is 1. The highest BCUT2D eigenvalue weighted by molar-refractivity contribution is 9.11. The van der Waals surface area contributed by atoms with Gasteiger partial charge < -0.3 is 14.8 Å². The van der Waals surface area contributed by atoms with E-state index in [2.05, 4.69) is 20.9 Å². The quantitative estimate of drug-likeness (QED) is 0.841. The van der Waals surface area contributed by atoms with Gasteiger partial charge in [-0.2, -0.15) is 0 Å². The second kappa shape index (κ2) is 4.10. The third kappa shape index (κ3) is 1.58. The van der Waals surface area contributed by atoms with Gasteiger partial charge in [-0.25, -0.2) is 4.79 Å². The number of nitrogens with one attached hydrogen (secondary N) is 1. The number of ether oxygens (including phenoxy) is 1. The molecule has 5 nitrogen and oxygen atoms in total. The Bertz CT molecular complexity index is 718. The summed E-state index contributed by atoms with van der Waals surface area (Å²) in [6.45, 7) is 0.520. The molecule has 0 saturated carbocycles. The van der Waals surface area contributed by atoms with Crippen molar-refractivity contribution >= 4 is 43.3 Å². The van der Waals surface area contributed by atoms with Crippen molar-refractivity contribution in [3.8, 4) is 5.75 Å². The minimum Gasteiger partial charge on any atom is -0.491 e. The van der Waals surface area contributed by atoms with Crippen LogP contribution in [-0.2, 0) is 6.42 Å². The largest absolute Gasteiger partial charge is 0.491 e. The van der Waals surface area contributed by atoms with Crippen molar-refractivity contribution in [1.29, 1.82) is 0 Å². The van der Waals surface area contributed by atoms with Gasteiger partial charge in [-0.1, -0.05) is 0 Å². The van der Waals surface area contributed by atoms with Crippen LogP contribution in [0.25, 0.3) is 10.1 Å². The van der Waals surface area contributed by atoms with E-state index < -0.39 is 5.97 Å². The number of rotatable bonds is 1. The van der Waals surface area contributed by atoms with Crippen LogP contribution in [0.15, 0.2) is 8.58 Å². The summed E-state index contributed by atoms with van der Waals surface area (Å²) in [5.41, 5.74) is 0.254. The molecule has 0 unspecified atom stereocenters. The maximum Gasteiger partial charge on any atom is 0.352 e. The summed E-state index contributed by atoms with van der Waals surface area (Å²) >= 11 is 4.63. The van der Waals surface area contributed by atoms with Gasteiger partial charge in [-0.05, 0) is 34.3 Å². The molecule has 18 heavy (non-hydrogen) atoms. The van der Waals surface area contributed by atoms with E-state index in [1.54, 1.807) is 0 Å². The highest BCUT2D eigenvalue weighted by atomic mass is 79.9. The van der Waals surface area contributed by atoms with Crippen LogP contribution in [0, 0.1) is 0 Å². The summed E-state index contributed by atoms with van der Waals surface area (Å²) in [4.78, 5) is 25.6. The highest BCUT2D eigenvalue weighted by Gasteiger charge is 2.25. The number of hydrogen-bond acceptors (Lipinski definition) is 4. The fourth-order valence-corrected chi connectivity index (χ4v) is 3.87. The Morgan fingerprint density at radius 3 is 3.00 bits per heavy atom. The Morgan fingerprint density at radius 2 is 2.28 bits per heavy atom. The molecule has 0 aromatic carbocycles. The number of pyridine rings is 1. The Hall–Kier alpha value is -1.34. The molecule has 1 aliphatic rings. The van der Waals surface area contributed by atoms with E-state index in [1.165, 1.54) is 11.3 Å². The topological polar surface area (TPSA) is 79.4 Å². The maximum absolute atomic E-state index is 11.9. The predicted molar refractivity (Wildman–Crippen MR) is 70.9 cm³/mol. The molecule has 0 bridgehead atoms. The van der Waals surface area contributed by atoms with Gasteiger partial charge in [0, 0.05) is 5.39 Å². The number of halogens is 1. The second-order valence-corrected chi connectivity index (χ2v) is 6.31. The molecule has 2 aromatic heterocycles. The number of aromatic amines is 1. The first-order valence-electron chi connectivity index (χ1n) is 5.33. The molecule has 0 spiro atoms. The fourth-order valence-electron chi connectivity index (χ4n) is 2.18. The van der Waals surface area contributed by atoms with Gasteiger partial charge in [0.1, 0.15) is 14.2 Å². The monoisotopic (exact) mass is 329 g/mol. The smallest absolute Gasteiger partial charge is 0.352 e. The van der Waals surface area contributed by atoms with Crippen molar-refractivity contribution in [3.63, 3.8) is 0 Å². The number of aromatic carboxylic acids is 1. The number of carboxylic acid groups (broad SMARTS) is 1. The molecular formula is C11H8BrNO4S. The van der Waals surface area contributed by atoms with E-state index >= 15 is 0 Å². The van der Waals surface area contributed by atoms with Gasteiger partial charge >= 0.3 is 5.97 Å². The predicted octanol–water partition coefficient (Wildman–Crippen LogP) is 2.38. The molecule has 3 heterocycles. The summed E-state index contributed by atoms with van der Waals surface area (Å²) in [7, 11) is 0. The van der Waals surface area contributed by atoms with E-state index in [9.17, 15) is 14.7 Å². The van der Waals surface area contributed by atoms with Gasteiger partial charge in [0.2, 0.25) is 0 Å². The number of carboxylic acids is 1. The number of thiophene rings is 1. The van der Waals surface area contributed by atoms with E-state index in [1.807, 2.05) is 0 Å². The zero-order valence-electron chi connectivity index (χ0n) is 9.08. The summed E-state index contributed by atoms with van der Waals surface area (Å²) < 4.78 is 6.84. The first-order chi connectivity index (χ1) is 8.59. The van der Waals surface area contributed by atoms with Crippen molar-refractivity contribution in [2.75, 3.05) is 6.61 Å². The van der Waals surface area contributed by atoms with E-state index in [0.717, 1.165) is 10.2 Å². The SMILES string of the molecule is O=C(O)c1[nH]c(=O)c2sc(Br)c3c2c1CCCO3. The van der Waals surface area contributed by atoms with Gasteiger partial charge in [0.05, 0.1) is 6.61 Å². The Labute approximate surface area is 114 Å². The number of aromatic nitrogens is 1. The average Bonchev–Trinajstić information content (AvgIpc) is 2.53. The minimum atomic E-state index is -1.11. The van der Waals surface area contributed by atoms with Crippen molar-refractivity contribution < 1.29 is 14.6 Å². The summed E-state index contributed by atoms with van der Waals surface area (Å²) in [6, 6.07) is 0. The molecule has 7 heteroatoms. The van der Waals surface area contributed by atoms with Crippen LogP contribution >= 0.6 is 27.3 Å². The lowest BCUT2D eigenvalue weighted by Crippen LogP contribution is -2.15. The Balaban J connectivity index is 2.51. The van der Waals surface area contributed by atoms with Crippen LogP contribution in [0.1, 0.15) is 22.5 Å². The highest BCUT2D eigenvalue weighted by Crippen LogP contribution is 2.43. The second-order valence-electron chi connectivity index (χ2n) is 3.97. The third-order valence-electron chi connectivity index (χ3n) is 2.90. The van der Waals surface area contributed by atoms with E-state index in [4.69, 9.17) is 4.74 Å². The molecule has 2 aromatic rings. The molecule has 0 saturated heterocycles. The lowest BCUT2D eigenvalue weighted by molar-refractivity contribution is 0.0689. The number of hydrogen-bond donors (Lipinski definition) is 2. The first-order valence-corrected chi connectivity index (χ1v) is 6.93. The van der Waals surface area contributed by atoms with Crippen molar-refractivity contribution in [1.82, 2.24) is 4.98 Å². The van der Waals surface area contributed by atoms with Crippen LogP contribution in [0.3, 0.4) is 0 Å². The number of H-pyrrole nitrogens is 1. The standard InChI is InChI=1S/C11H8BrNO4S/c12-9-7-5-4(2-1-3-17-7)6(11(15)16)13-10(14)8(5)18-9/h1-3H2,(H,13,14)(H,15,16). The molecule has 94 valence electrons. The lowest BCUT2D eigenvalue weighted by atomic mass is 10.0. The molecule has 2 N–H and O–H groups in total. The van der Waals surface area contributed by atoms with E-state index in [-0.39, 0.29) is 11.3 Å². The fraction of sp³-hybridized carbons (Fsp3) is 0.273. The molecule has 1 aliphatic heterocycles. The molecule has 0 radical (unpaired) electrons. The average molecular weight is 330 g/mol. The van der Waals surface area contributed by atoms with Gasteiger partial charge in [-0.3, -0.25) is 4.79 Å². The van der Waals surface area contributed by atoms with Crippen LogP contribution < -0.4 is 10.3 Å².